The maximum absolute atomic E-state index is 13.0. The zero-order valence-electron chi connectivity index (χ0n) is 18.1. The Morgan fingerprint density at radius 3 is 2.45 bits per heavy atom. The lowest BCUT2D eigenvalue weighted by atomic mass is 9.94. The minimum Gasteiger partial charge on any atom is -0.507 e. The average Bonchev–Trinajstić information content (AvgIpc) is 2.95. The first-order valence-corrected chi connectivity index (χ1v) is 10.5. The van der Waals surface area contributed by atoms with E-state index in [9.17, 15) is 19.8 Å². The molecule has 31 heavy (non-hydrogen) atoms. The first-order valence-electron chi connectivity index (χ1n) is 10.1. The number of hydrogen-bond donors (Lipinski definition) is 2. The Morgan fingerprint density at radius 2 is 1.81 bits per heavy atom. The number of phenolic OH excluding ortho intramolecular Hbond substituents is 1. The predicted octanol–water partition coefficient (Wildman–Crippen LogP) is 4.04. The van der Waals surface area contributed by atoms with Gasteiger partial charge in [0.2, 0.25) is 0 Å². The Balaban J connectivity index is 2.16. The largest absolute Gasteiger partial charge is 0.507 e. The van der Waals surface area contributed by atoms with Gasteiger partial charge in [0.1, 0.15) is 11.5 Å². The molecule has 164 valence electrons. The van der Waals surface area contributed by atoms with Gasteiger partial charge >= 0.3 is 0 Å². The lowest BCUT2D eigenvalue weighted by Gasteiger charge is -2.26. The number of aliphatic hydroxyl groups is 1. The molecule has 1 atom stereocenters. The molecule has 0 spiro atoms. The third kappa shape index (κ3) is 4.60. The van der Waals surface area contributed by atoms with Gasteiger partial charge in [0.05, 0.1) is 17.2 Å². The van der Waals surface area contributed by atoms with Crippen molar-refractivity contribution >= 4 is 29.1 Å². The Bertz CT molecular complexity index is 1060. The number of benzene rings is 2. The van der Waals surface area contributed by atoms with Crippen LogP contribution in [-0.4, -0.2) is 58.9 Å². The normalized spacial score (nSPS) is 18.3. The third-order valence-electron chi connectivity index (χ3n) is 5.58. The van der Waals surface area contributed by atoms with E-state index in [1.807, 2.05) is 32.8 Å². The van der Waals surface area contributed by atoms with E-state index in [0.29, 0.717) is 23.6 Å². The second-order valence-corrected chi connectivity index (χ2v) is 8.59. The van der Waals surface area contributed by atoms with Crippen LogP contribution in [0.25, 0.3) is 5.76 Å². The smallest absolute Gasteiger partial charge is 0.295 e. The van der Waals surface area contributed by atoms with Crippen LogP contribution in [0.15, 0.2) is 42.0 Å². The van der Waals surface area contributed by atoms with Crippen molar-refractivity contribution in [2.24, 2.45) is 0 Å². The molecule has 1 aliphatic rings. The standard InChI is InChI=1S/C24H27ClN2O4/c1-14-11-18(19(28)12-15(14)2)22(29)20-21(16-7-5-8-17(25)13-16)27(24(31)23(20)30)10-6-9-26(3)4/h5,7-8,11-13,21,28-29H,6,9-10H2,1-4H3/t21-/m1/s1. The highest BCUT2D eigenvalue weighted by Gasteiger charge is 2.46. The molecule has 0 aromatic heterocycles. The number of rotatable bonds is 6. The second kappa shape index (κ2) is 9.12. The van der Waals surface area contributed by atoms with Crippen LogP contribution in [0.1, 0.15) is 34.7 Å². The molecule has 2 aromatic rings. The number of halogens is 1. The molecule has 3 rings (SSSR count). The van der Waals surface area contributed by atoms with Crippen molar-refractivity contribution in [2.75, 3.05) is 27.2 Å². The molecule has 0 unspecified atom stereocenters. The fourth-order valence-electron chi connectivity index (χ4n) is 3.83. The SMILES string of the molecule is Cc1cc(O)c(C(O)=C2C(=O)C(=O)N(CCCN(C)C)[C@@H]2c2cccc(Cl)c2)cc1C. The van der Waals surface area contributed by atoms with E-state index in [0.717, 1.165) is 17.7 Å². The highest BCUT2D eigenvalue weighted by Crippen LogP contribution is 2.41. The minimum absolute atomic E-state index is 0.0457. The van der Waals surface area contributed by atoms with Gasteiger partial charge in [-0.3, -0.25) is 9.59 Å². The summed E-state index contributed by atoms with van der Waals surface area (Å²) in [5.74, 6) is -1.98. The highest BCUT2D eigenvalue weighted by atomic mass is 35.5. The molecule has 1 heterocycles. The average molecular weight is 443 g/mol. The number of amides is 1. The van der Waals surface area contributed by atoms with Gasteiger partial charge in [0.15, 0.2) is 0 Å². The van der Waals surface area contributed by atoms with Crippen LogP contribution in [0.5, 0.6) is 5.75 Å². The predicted molar refractivity (Wildman–Crippen MR) is 121 cm³/mol. The summed E-state index contributed by atoms with van der Waals surface area (Å²) in [4.78, 5) is 29.4. The summed E-state index contributed by atoms with van der Waals surface area (Å²) in [5, 5.41) is 22.0. The monoisotopic (exact) mass is 442 g/mol. The van der Waals surface area contributed by atoms with Gasteiger partial charge in [-0.2, -0.15) is 0 Å². The van der Waals surface area contributed by atoms with Gasteiger partial charge in [0, 0.05) is 11.6 Å². The van der Waals surface area contributed by atoms with Crippen LogP contribution < -0.4 is 0 Å². The maximum atomic E-state index is 13.0. The lowest BCUT2D eigenvalue weighted by Crippen LogP contribution is -2.32. The van der Waals surface area contributed by atoms with Crippen LogP contribution in [0.2, 0.25) is 5.02 Å². The van der Waals surface area contributed by atoms with Gasteiger partial charge in [0.25, 0.3) is 11.7 Å². The van der Waals surface area contributed by atoms with Crippen molar-refractivity contribution in [3.05, 3.63) is 69.2 Å². The molecule has 2 N–H and O–H groups in total. The van der Waals surface area contributed by atoms with E-state index >= 15 is 0 Å². The fraction of sp³-hybridized carbons (Fsp3) is 0.333. The summed E-state index contributed by atoms with van der Waals surface area (Å²) in [6.45, 7) is 4.77. The number of hydrogen-bond acceptors (Lipinski definition) is 5. The Morgan fingerprint density at radius 1 is 1.13 bits per heavy atom. The quantitative estimate of drug-likeness (QED) is 0.401. The van der Waals surface area contributed by atoms with Crippen LogP contribution in [0.3, 0.4) is 0 Å². The number of carbonyl (C=O) groups is 2. The van der Waals surface area contributed by atoms with Gasteiger partial charge in [-0.1, -0.05) is 23.7 Å². The van der Waals surface area contributed by atoms with Crippen molar-refractivity contribution in [1.82, 2.24) is 9.80 Å². The van der Waals surface area contributed by atoms with Gasteiger partial charge in [-0.15, -0.1) is 0 Å². The van der Waals surface area contributed by atoms with Crippen LogP contribution >= 0.6 is 11.6 Å². The Kier molecular flexibility index (Phi) is 6.72. The number of ketones is 1. The molecule has 2 aromatic carbocycles. The first-order chi connectivity index (χ1) is 14.6. The summed E-state index contributed by atoms with van der Waals surface area (Å²) in [6, 6.07) is 9.27. The topological polar surface area (TPSA) is 81.1 Å². The van der Waals surface area contributed by atoms with Crippen LogP contribution in [-0.2, 0) is 9.59 Å². The van der Waals surface area contributed by atoms with Gasteiger partial charge < -0.3 is 20.0 Å². The molecule has 7 heteroatoms. The number of nitrogens with zero attached hydrogens (tertiary/aromatic N) is 2. The van der Waals surface area contributed by atoms with Crippen LogP contribution in [0, 0.1) is 13.8 Å². The first kappa shape index (κ1) is 22.8. The molecule has 1 fully saturated rings. The summed E-state index contributed by atoms with van der Waals surface area (Å²) < 4.78 is 0. The molecule has 6 nitrogen and oxygen atoms in total. The molecule has 0 aliphatic carbocycles. The summed E-state index contributed by atoms with van der Waals surface area (Å²) in [7, 11) is 3.87. The highest BCUT2D eigenvalue weighted by molar-refractivity contribution is 6.46. The maximum Gasteiger partial charge on any atom is 0.295 e. The van der Waals surface area contributed by atoms with E-state index in [4.69, 9.17) is 11.6 Å². The van der Waals surface area contributed by atoms with Crippen molar-refractivity contribution in [2.45, 2.75) is 26.3 Å². The zero-order chi connectivity index (χ0) is 22.9. The molecule has 0 radical (unpaired) electrons. The van der Waals surface area contributed by atoms with Crippen molar-refractivity contribution < 1.29 is 19.8 Å². The number of carbonyl (C=O) groups excluding carboxylic acids is 2. The van der Waals surface area contributed by atoms with E-state index in [-0.39, 0.29) is 22.6 Å². The zero-order valence-corrected chi connectivity index (χ0v) is 18.9. The molecule has 0 saturated carbocycles. The Hall–Kier alpha value is -2.83. The molecule has 1 amide bonds. The van der Waals surface area contributed by atoms with Crippen molar-refractivity contribution in [3.8, 4) is 5.75 Å². The van der Waals surface area contributed by atoms with Gasteiger partial charge in [-0.05, 0) is 81.9 Å². The van der Waals surface area contributed by atoms with E-state index in [1.165, 1.54) is 11.0 Å². The number of phenols is 1. The molecule has 1 saturated heterocycles. The number of aryl methyl sites for hydroxylation is 2. The second-order valence-electron chi connectivity index (χ2n) is 8.16. The third-order valence-corrected chi connectivity index (χ3v) is 5.81. The van der Waals surface area contributed by atoms with E-state index in [1.54, 1.807) is 30.3 Å². The van der Waals surface area contributed by atoms with Crippen molar-refractivity contribution in [3.63, 3.8) is 0 Å². The summed E-state index contributed by atoms with van der Waals surface area (Å²) in [6.07, 6.45) is 0.659. The molecular weight excluding hydrogens is 416 g/mol. The number of aliphatic hydroxyl groups excluding tert-OH is 1. The minimum atomic E-state index is -0.790. The van der Waals surface area contributed by atoms with E-state index in [2.05, 4.69) is 0 Å². The lowest BCUT2D eigenvalue weighted by molar-refractivity contribution is -0.139. The Labute approximate surface area is 187 Å². The fourth-order valence-corrected chi connectivity index (χ4v) is 4.03. The van der Waals surface area contributed by atoms with Crippen LogP contribution in [0.4, 0.5) is 0 Å². The number of Topliss-reactive ketones (excluding diaryl/α,β-unsaturated/α-hetero) is 1. The molecule has 1 aliphatic heterocycles. The summed E-state index contributed by atoms with van der Waals surface area (Å²) >= 11 is 6.18. The molecular formula is C24H27ClN2O4. The summed E-state index contributed by atoms with van der Waals surface area (Å²) in [5.41, 5.74) is 2.40. The van der Waals surface area contributed by atoms with E-state index < -0.39 is 17.7 Å². The van der Waals surface area contributed by atoms with Crippen molar-refractivity contribution in [1.29, 1.82) is 0 Å². The number of aromatic hydroxyl groups is 1. The molecule has 0 bridgehead atoms. The van der Waals surface area contributed by atoms with Gasteiger partial charge in [-0.25, -0.2) is 0 Å². The number of likely N-dealkylation sites (tertiary alicyclic amines) is 1.